The molecule has 0 heterocycles. The van der Waals surface area contributed by atoms with Gasteiger partial charge in [-0.15, -0.1) is 0 Å². The average Bonchev–Trinajstić information content (AvgIpc) is 2.37. The van der Waals surface area contributed by atoms with Gasteiger partial charge in [-0.25, -0.2) is 8.42 Å². The van der Waals surface area contributed by atoms with Crippen molar-refractivity contribution in [1.29, 1.82) is 0 Å². The van der Waals surface area contributed by atoms with Crippen LogP contribution in [0.15, 0.2) is 58.8 Å². The SMILES string of the molecule is O=S(=O)(/C=C/c1ccccc1)c1ccc(Cl)cc1Cl. The van der Waals surface area contributed by atoms with Crippen molar-refractivity contribution in [3.8, 4) is 0 Å². The first-order chi connectivity index (χ1) is 8.99. The number of sulfone groups is 1. The Balaban J connectivity index is 2.36. The maximum Gasteiger partial charge on any atom is 0.201 e. The first kappa shape index (κ1) is 14.1. The van der Waals surface area contributed by atoms with Crippen molar-refractivity contribution in [2.75, 3.05) is 0 Å². The Labute approximate surface area is 122 Å². The second kappa shape index (κ2) is 5.78. The van der Waals surface area contributed by atoms with Crippen molar-refractivity contribution < 1.29 is 8.42 Å². The van der Waals surface area contributed by atoms with Gasteiger partial charge in [0.15, 0.2) is 0 Å². The van der Waals surface area contributed by atoms with Crippen LogP contribution in [0.25, 0.3) is 6.08 Å². The fraction of sp³-hybridized carbons (Fsp3) is 0. The highest BCUT2D eigenvalue weighted by Crippen LogP contribution is 2.26. The van der Waals surface area contributed by atoms with Crippen LogP contribution in [0.5, 0.6) is 0 Å². The van der Waals surface area contributed by atoms with Crippen LogP contribution >= 0.6 is 23.2 Å². The lowest BCUT2D eigenvalue weighted by atomic mass is 10.2. The third-order valence-electron chi connectivity index (χ3n) is 2.44. The van der Waals surface area contributed by atoms with Gasteiger partial charge >= 0.3 is 0 Å². The van der Waals surface area contributed by atoms with Crippen molar-refractivity contribution in [3.63, 3.8) is 0 Å². The van der Waals surface area contributed by atoms with Gasteiger partial charge in [-0.3, -0.25) is 0 Å². The molecule has 0 saturated heterocycles. The van der Waals surface area contributed by atoms with Gasteiger partial charge in [0, 0.05) is 10.4 Å². The maximum absolute atomic E-state index is 12.1. The van der Waals surface area contributed by atoms with E-state index in [1.54, 1.807) is 0 Å². The number of benzene rings is 2. The summed E-state index contributed by atoms with van der Waals surface area (Å²) >= 11 is 11.6. The lowest BCUT2D eigenvalue weighted by Crippen LogP contribution is -1.97. The largest absolute Gasteiger partial charge is 0.219 e. The van der Waals surface area contributed by atoms with E-state index in [1.165, 1.54) is 24.3 Å². The van der Waals surface area contributed by atoms with Crippen LogP contribution in [0.3, 0.4) is 0 Å². The fourth-order valence-electron chi connectivity index (χ4n) is 1.51. The van der Waals surface area contributed by atoms with Crippen LogP contribution in [0.4, 0.5) is 0 Å². The topological polar surface area (TPSA) is 34.1 Å². The molecule has 2 rings (SSSR count). The lowest BCUT2D eigenvalue weighted by molar-refractivity contribution is 0.605. The molecule has 0 aliphatic carbocycles. The minimum Gasteiger partial charge on any atom is -0.219 e. The zero-order chi connectivity index (χ0) is 13.9. The quantitative estimate of drug-likeness (QED) is 0.839. The average molecular weight is 313 g/mol. The molecule has 2 aromatic rings. The normalized spacial score (nSPS) is 11.9. The van der Waals surface area contributed by atoms with Crippen LogP contribution in [0.1, 0.15) is 5.56 Å². The predicted molar refractivity (Wildman–Crippen MR) is 79.1 cm³/mol. The van der Waals surface area contributed by atoms with Gasteiger partial charge in [0.05, 0.1) is 9.92 Å². The molecule has 0 unspecified atom stereocenters. The summed E-state index contributed by atoms with van der Waals surface area (Å²) in [4.78, 5) is 0.0470. The van der Waals surface area contributed by atoms with E-state index < -0.39 is 9.84 Å². The van der Waals surface area contributed by atoms with Crippen LogP contribution in [0.2, 0.25) is 10.0 Å². The Morgan fingerprint density at radius 3 is 2.26 bits per heavy atom. The minimum absolute atomic E-state index is 0.0470. The fourth-order valence-corrected chi connectivity index (χ4v) is 3.31. The molecule has 0 saturated carbocycles. The summed E-state index contributed by atoms with van der Waals surface area (Å²) in [5.74, 6) is 0. The van der Waals surface area contributed by atoms with Crippen LogP contribution < -0.4 is 0 Å². The van der Waals surface area contributed by atoms with E-state index in [0.717, 1.165) is 11.0 Å². The number of halogens is 2. The molecule has 0 N–H and O–H groups in total. The summed E-state index contributed by atoms with van der Waals surface area (Å²) < 4.78 is 24.2. The van der Waals surface area contributed by atoms with E-state index in [1.807, 2.05) is 30.3 Å². The molecular weight excluding hydrogens is 303 g/mol. The van der Waals surface area contributed by atoms with Crippen molar-refractivity contribution in [1.82, 2.24) is 0 Å². The molecule has 5 heteroatoms. The van der Waals surface area contributed by atoms with Crippen LogP contribution in [0, 0.1) is 0 Å². The van der Waals surface area contributed by atoms with Gasteiger partial charge in [-0.2, -0.15) is 0 Å². The highest BCUT2D eigenvalue weighted by atomic mass is 35.5. The smallest absolute Gasteiger partial charge is 0.201 e. The molecule has 2 nitrogen and oxygen atoms in total. The van der Waals surface area contributed by atoms with Crippen LogP contribution in [-0.2, 0) is 9.84 Å². The van der Waals surface area contributed by atoms with Gasteiger partial charge < -0.3 is 0 Å². The predicted octanol–water partition coefficient (Wildman–Crippen LogP) is 4.44. The summed E-state index contributed by atoms with van der Waals surface area (Å²) in [6.45, 7) is 0. The molecule has 0 aliphatic rings. The minimum atomic E-state index is -3.58. The van der Waals surface area contributed by atoms with E-state index in [4.69, 9.17) is 23.2 Å². The first-order valence-electron chi connectivity index (χ1n) is 5.42. The summed E-state index contributed by atoms with van der Waals surface area (Å²) in [6.07, 6.45) is 1.53. The van der Waals surface area contributed by atoms with Crippen LogP contribution in [-0.4, -0.2) is 8.42 Å². The molecule has 0 fully saturated rings. The highest BCUT2D eigenvalue weighted by Gasteiger charge is 2.14. The van der Waals surface area contributed by atoms with Gasteiger partial charge in [-0.1, -0.05) is 53.5 Å². The zero-order valence-corrected chi connectivity index (χ0v) is 12.1. The molecule has 0 bridgehead atoms. The van der Waals surface area contributed by atoms with Gasteiger partial charge in [0.25, 0.3) is 0 Å². The molecule has 19 heavy (non-hydrogen) atoms. The molecule has 0 radical (unpaired) electrons. The molecule has 98 valence electrons. The summed E-state index contributed by atoms with van der Waals surface area (Å²) in [7, 11) is -3.58. The van der Waals surface area contributed by atoms with Crippen molar-refractivity contribution in [3.05, 3.63) is 69.5 Å². The number of hydrogen-bond acceptors (Lipinski definition) is 2. The lowest BCUT2D eigenvalue weighted by Gasteiger charge is -2.02. The van der Waals surface area contributed by atoms with E-state index in [2.05, 4.69) is 0 Å². The number of hydrogen-bond donors (Lipinski definition) is 0. The third-order valence-corrected chi connectivity index (χ3v) is 4.56. The Bertz CT molecular complexity index is 707. The maximum atomic E-state index is 12.1. The third kappa shape index (κ3) is 3.60. The van der Waals surface area contributed by atoms with Crippen molar-refractivity contribution in [2.24, 2.45) is 0 Å². The molecule has 2 aromatic carbocycles. The Hall–Kier alpha value is -1.29. The second-order valence-electron chi connectivity index (χ2n) is 3.83. The Morgan fingerprint density at radius 1 is 0.947 bits per heavy atom. The van der Waals surface area contributed by atoms with E-state index >= 15 is 0 Å². The van der Waals surface area contributed by atoms with E-state index in [9.17, 15) is 8.42 Å². The Kier molecular flexibility index (Phi) is 4.30. The van der Waals surface area contributed by atoms with Crippen molar-refractivity contribution in [2.45, 2.75) is 4.90 Å². The van der Waals surface area contributed by atoms with Gasteiger partial charge in [0.1, 0.15) is 0 Å². The molecule has 0 spiro atoms. The number of rotatable bonds is 3. The van der Waals surface area contributed by atoms with Gasteiger partial charge in [-0.05, 0) is 29.8 Å². The highest BCUT2D eigenvalue weighted by molar-refractivity contribution is 7.94. The van der Waals surface area contributed by atoms with Crippen molar-refractivity contribution >= 4 is 39.1 Å². The first-order valence-corrected chi connectivity index (χ1v) is 7.72. The summed E-state index contributed by atoms with van der Waals surface area (Å²) in [5, 5.41) is 1.65. The molecular formula is C14H10Cl2O2S. The molecule has 0 amide bonds. The van der Waals surface area contributed by atoms with E-state index in [-0.39, 0.29) is 9.92 Å². The second-order valence-corrected chi connectivity index (χ2v) is 6.48. The Morgan fingerprint density at radius 2 is 1.63 bits per heavy atom. The monoisotopic (exact) mass is 312 g/mol. The summed E-state index contributed by atoms with van der Waals surface area (Å²) in [6, 6.07) is 13.5. The van der Waals surface area contributed by atoms with Gasteiger partial charge in [0.2, 0.25) is 9.84 Å². The van der Waals surface area contributed by atoms with E-state index in [0.29, 0.717) is 5.02 Å². The molecule has 0 atom stereocenters. The zero-order valence-electron chi connectivity index (χ0n) is 9.75. The standard InChI is InChI=1S/C14H10Cl2O2S/c15-12-6-7-14(13(16)10-12)19(17,18)9-8-11-4-2-1-3-5-11/h1-10H/b9-8+. The molecule has 0 aromatic heterocycles. The summed E-state index contributed by atoms with van der Waals surface area (Å²) in [5.41, 5.74) is 0.802. The molecule has 0 aliphatic heterocycles.